The van der Waals surface area contributed by atoms with Crippen LogP contribution in [0.4, 0.5) is 45.5 Å². The van der Waals surface area contributed by atoms with Crippen molar-refractivity contribution in [3.05, 3.63) is 182 Å². The van der Waals surface area contributed by atoms with Gasteiger partial charge in [0.15, 0.2) is 0 Å². The van der Waals surface area contributed by atoms with Crippen molar-refractivity contribution in [2.75, 3.05) is 45.8 Å². The topological polar surface area (TPSA) is 13.0 Å². The molecule has 0 bridgehead atoms. The van der Waals surface area contributed by atoms with Gasteiger partial charge in [-0.15, -0.1) is 0 Å². The Morgan fingerprint density at radius 1 is 0.304 bits per heavy atom. The van der Waals surface area contributed by atoms with Crippen LogP contribution < -0.4 is 19.6 Å². The highest BCUT2D eigenvalue weighted by molar-refractivity contribution is 6.00. The minimum Gasteiger partial charge on any atom is -0.372 e. The fourth-order valence-corrected chi connectivity index (χ4v) is 8.10. The lowest BCUT2D eigenvalue weighted by atomic mass is 10.0. The first-order chi connectivity index (χ1) is 27.6. The van der Waals surface area contributed by atoms with Crippen molar-refractivity contribution in [3.8, 4) is 11.1 Å². The molecule has 4 heteroatoms. The van der Waals surface area contributed by atoms with Crippen molar-refractivity contribution in [1.29, 1.82) is 0 Å². The third-order valence-electron chi connectivity index (χ3n) is 11.0. The molecule has 0 unspecified atom stereocenters. The number of anilines is 8. The Bertz CT molecular complexity index is 2360. The molecule has 0 aromatic heterocycles. The van der Waals surface area contributed by atoms with Gasteiger partial charge in [0, 0.05) is 71.1 Å². The van der Waals surface area contributed by atoms with Crippen LogP contribution in [-0.2, 0) is 0 Å². The Morgan fingerprint density at radius 2 is 0.643 bits per heavy atom. The third-order valence-corrected chi connectivity index (χ3v) is 11.0. The number of nitrogens with zero attached hydrogens (tertiary/aromatic N) is 4. The summed E-state index contributed by atoms with van der Waals surface area (Å²) in [6.45, 7) is 12.7. The van der Waals surface area contributed by atoms with Crippen molar-refractivity contribution in [1.82, 2.24) is 0 Å². The van der Waals surface area contributed by atoms with E-state index >= 15 is 0 Å². The molecular formula is C52H50N4. The molecule has 8 aromatic rings. The molecule has 0 heterocycles. The van der Waals surface area contributed by atoms with Crippen LogP contribution in [0.3, 0.4) is 0 Å². The van der Waals surface area contributed by atoms with Gasteiger partial charge in [-0.05, 0) is 122 Å². The summed E-state index contributed by atoms with van der Waals surface area (Å²) in [7, 11) is 0. The Labute approximate surface area is 332 Å². The van der Waals surface area contributed by atoms with Crippen LogP contribution in [0.5, 0.6) is 0 Å². The van der Waals surface area contributed by atoms with Crippen molar-refractivity contribution < 1.29 is 0 Å². The summed E-state index contributed by atoms with van der Waals surface area (Å²) in [6, 6.07) is 66.5. The van der Waals surface area contributed by atoms with E-state index < -0.39 is 0 Å². The van der Waals surface area contributed by atoms with Gasteiger partial charge >= 0.3 is 0 Å². The minimum absolute atomic E-state index is 0.962. The van der Waals surface area contributed by atoms with Crippen LogP contribution in [0.15, 0.2) is 182 Å². The van der Waals surface area contributed by atoms with Gasteiger partial charge in [0.25, 0.3) is 0 Å². The highest BCUT2D eigenvalue weighted by Gasteiger charge is 2.19. The highest BCUT2D eigenvalue weighted by atomic mass is 15.2. The molecule has 0 aliphatic carbocycles. The molecule has 0 radical (unpaired) electrons. The normalized spacial score (nSPS) is 11.1. The van der Waals surface area contributed by atoms with Gasteiger partial charge in [0.05, 0.1) is 11.4 Å². The summed E-state index contributed by atoms with van der Waals surface area (Å²) in [5.74, 6) is 0. The van der Waals surface area contributed by atoms with E-state index in [9.17, 15) is 0 Å². The average Bonchev–Trinajstić information content (AvgIpc) is 3.26. The van der Waals surface area contributed by atoms with Gasteiger partial charge in [-0.3, -0.25) is 0 Å². The minimum atomic E-state index is 0.962. The van der Waals surface area contributed by atoms with Gasteiger partial charge in [-0.1, -0.05) is 109 Å². The van der Waals surface area contributed by atoms with Crippen LogP contribution >= 0.6 is 0 Å². The Morgan fingerprint density at radius 3 is 1.04 bits per heavy atom. The van der Waals surface area contributed by atoms with E-state index in [1.54, 1.807) is 0 Å². The molecule has 278 valence electrons. The molecule has 8 rings (SSSR count). The molecule has 0 atom stereocenters. The van der Waals surface area contributed by atoms with Gasteiger partial charge in [0.1, 0.15) is 0 Å². The molecule has 8 aromatic carbocycles. The van der Waals surface area contributed by atoms with Gasteiger partial charge in [-0.25, -0.2) is 0 Å². The lowest BCUT2D eigenvalue weighted by Crippen LogP contribution is -2.22. The number of hydrogen-bond acceptors (Lipinski definition) is 4. The molecule has 0 saturated carbocycles. The maximum absolute atomic E-state index is 2.40. The van der Waals surface area contributed by atoms with Crippen LogP contribution in [0.1, 0.15) is 27.7 Å². The number of fused-ring (bicyclic) bond motifs is 2. The first kappa shape index (κ1) is 36.5. The number of rotatable bonds is 13. The molecule has 4 nitrogen and oxygen atoms in total. The zero-order valence-electron chi connectivity index (χ0n) is 32.9. The highest BCUT2D eigenvalue weighted by Crippen LogP contribution is 2.43. The van der Waals surface area contributed by atoms with Gasteiger partial charge in [-0.2, -0.15) is 0 Å². The Balaban J connectivity index is 1.18. The van der Waals surface area contributed by atoms with E-state index in [0.29, 0.717) is 0 Å². The van der Waals surface area contributed by atoms with Crippen molar-refractivity contribution in [2.45, 2.75) is 27.7 Å². The van der Waals surface area contributed by atoms with E-state index in [4.69, 9.17) is 0 Å². The van der Waals surface area contributed by atoms with Gasteiger partial charge in [0.2, 0.25) is 0 Å². The zero-order valence-corrected chi connectivity index (χ0v) is 32.9. The summed E-state index contributed by atoms with van der Waals surface area (Å²) in [5, 5.41) is 4.90. The monoisotopic (exact) mass is 730 g/mol. The smallest absolute Gasteiger partial charge is 0.0540 e. The molecule has 0 N–H and O–H groups in total. The second kappa shape index (κ2) is 16.5. The summed E-state index contributed by atoms with van der Waals surface area (Å²) in [4.78, 5) is 9.61. The van der Waals surface area contributed by atoms with Crippen LogP contribution in [0.2, 0.25) is 0 Å². The maximum Gasteiger partial charge on any atom is 0.0540 e. The molecule has 0 aliphatic rings. The summed E-state index contributed by atoms with van der Waals surface area (Å²) in [5.41, 5.74) is 11.7. The van der Waals surface area contributed by atoms with Crippen molar-refractivity contribution in [3.63, 3.8) is 0 Å². The third kappa shape index (κ3) is 7.19. The van der Waals surface area contributed by atoms with Gasteiger partial charge < -0.3 is 19.6 Å². The molecule has 0 spiro atoms. The first-order valence-electron chi connectivity index (χ1n) is 20.1. The second-order valence-corrected chi connectivity index (χ2v) is 14.1. The standard InChI is InChI=1S/C52H50N4/c1-5-53(6-2)45-21-15-23-47(37-45)55(51-27-13-19-41-17-9-11-25-49(41)51)43-33-29-39(30-34-43)40-31-35-44(36-32-40)56(48-24-16-22-46(38-48)54(7-3)8-4)52-28-14-20-42-18-10-12-26-50(42)52/h9-38H,5-8H2,1-4H3. The second-order valence-electron chi connectivity index (χ2n) is 14.1. The Hall–Kier alpha value is -6.52. The maximum atomic E-state index is 2.40. The van der Waals surface area contributed by atoms with E-state index in [1.165, 1.54) is 44.0 Å². The molecule has 0 aliphatic heterocycles. The summed E-state index contributed by atoms with van der Waals surface area (Å²) >= 11 is 0. The van der Waals surface area contributed by atoms with E-state index in [1.807, 2.05) is 0 Å². The first-order valence-corrected chi connectivity index (χ1v) is 20.1. The predicted octanol–water partition coefficient (Wildman–Crippen LogP) is 14.3. The predicted molar refractivity (Wildman–Crippen MR) is 243 cm³/mol. The molecular weight excluding hydrogens is 681 g/mol. The quantitative estimate of drug-likeness (QED) is 0.117. The zero-order chi connectivity index (χ0) is 38.4. The molecule has 0 saturated heterocycles. The fourth-order valence-electron chi connectivity index (χ4n) is 8.10. The summed E-state index contributed by atoms with van der Waals surface area (Å²) in [6.07, 6.45) is 0. The summed E-state index contributed by atoms with van der Waals surface area (Å²) < 4.78 is 0. The fraction of sp³-hybridized carbons (Fsp3) is 0.154. The number of benzene rings is 8. The lowest BCUT2D eigenvalue weighted by Gasteiger charge is -2.29. The van der Waals surface area contributed by atoms with Crippen LogP contribution in [0.25, 0.3) is 32.7 Å². The largest absolute Gasteiger partial charge is 0.372 e. The van der Waals surface area contributed by atoms with E-state index in [-0.39, 0.29) is 0 Å². The lowest BCUT2D eigenvalue weighted by molar-refractivity contribution is 0.866. The Kier molecular flexibility index (Phi) is 10.7. The van der Waals surface area contributed by atoms with Crippen molar-refractivity contribution in [2.24, 2.45) is 0 Å². The molecule has 0 amide bonds. The van der Waals surface area contributed by atoms with E-state index in [2.05, 4.69) is 229 Å². The van der Waals surface area contributed by atoms with E-state index in [0.717, 1.165) is 60.3 Å². The SMILES string of the molecule is CCN(CC)c1cccc(N(c2ccc(-c3ccc(N(c4cccc(N(CC)CC)c4)c4cccc5ccccc45)cc3)cc2)c2cccc3ccccc23)c1. The average molecular weight is 731 g/mol. The van der Waals surface area contributed by atoms with Crippen LogP contribution in [-0.4, -0.2) is 26.2 Å². The molecule has 56 heavy (non-hydrogen) atoms. The van der Waals surface area contributed by atoms with Crippen LogP contribution in [0, 0.1) is 0 Å². The number of hydrogen-bond donors (Lipinski definition) is 0. The molecule has 0 fully saturated rings. The van der Waals surface area contributed by atoms with Crippen molar-refractivity contribution >= 4 is 67.0 Å².